The Morgan fingerprint density at radius 3 is 2.71 bits per heavy atom. The van der Waals surface area contributed by atoms with Gasteiger partial charge in [-0.1, -0.05) is 6.92 Å². The van der Waals surface area contributed by atoms with Gasteiger partial charge in [0.05, 0.1) is 24.9 Å². The quantitative estimate of drug-likeness (QED) is 0.403. The van der Waals surface area contributed by atoms with E-state index in [0.29, 0.717) is 27.9 Å². The minimum atomic E-state index is -4.42. The number of thiazole rings is 1. The lowest BCUT2D eigenvalue weighted by molar-refractivity contribution is -0.127. The predicted octanol–water partition coefficient (Wildman–Crippen LogP) is 4.86. The number of alkyl halides is 3. The van der Waals surface area contributed by atoms with Gasteiger partial charge < -0.3 is 9.64 Å². The highest BCUT2D eigenvalue weighted by atomic mass is 32.1. The molecular formula is C23H26F3N7OS. The number of aryl methyl sites for hydroxylation is 1. The van der Waals surface area contributed by atoms with Crippen molar-refractivity contribution in [1.82, 2.24) is 34.7 Å². The van der Waals surface area contributed by atoms with Crippen molar-refractivity contribution in [2.45, 2.75) is 45.2 Å². The fraction of sp³-hybridized carbons (Fsp3) is 0.478. The van der Waals surface area contributed by atoms with Crippen LogP contribution < -0.4 is 4.74 Å². The molecule has 0 bridgehead atoms. The van der Waals surface area contributed by atoms with Crippen molar-refractivity contribution >= 4 is 17.0 Å². The van der Waals surface area contributed by atoms with Gasteiger partial charge in [-0.15, -0.1) is 11.3 Å². The zero-order valence-electron chi connectivity index (χ0n) is 19.7. The molecule has 1 fully saturated rings. The van der Waals surface area contributed by atoms with Crippen LogP contribution in [0.3, 0.4) is 0 Å². The van der Waals surface area contributed by atoms with Crippen LogP contribution >= 0.6 is 11.3 Å². The van der Waals surface area contributed by atoms with Crippen LogP contribution in [-0.2, 0) is 6.42 Å². The number of pyridine rings is 1. The summed E-state index contributed by atoms with van der Waals surface area (Å²) >= 11 is 1.46. The molecule has 35 heavy (non-hydrogen) atoms. The zero-order valence-corrected chi connectivity index (χ0v) is 20.5. The van der Waals surface area contributed by atoms with Crippen molar-refractivity contribution in [1.29, 1.82) is 0 Å². The van der Waals surface area contributed by atoms with Gasteiger partial charge in [-0.25, -0.2) is 14.5 Å². The fourth-order valence-electron chi connectivity index (χ4n) is 4.74. The maximum Gasteiger partial charge on any atom is 0.393 e. The van der Waals surface area contributed by atoms with Gasteiger partial charge in [0.25, 0.3) is 0 Å². The summed E-state index contributed by atoms with van der Waals surface area (Å²) in [6, 6.07) is 1.64. The average molecular weight is 506 g/mol. The predicted molar refractivity (Wildman–Crippen MR) is 127 cm³/mol. The van der Waals surface area contributed by atoms with Crippen LogP contribution in [0.4, 0.5) is 13.2 Å². The Morgan fingerprint density at radius 2 is 2.03 bits per heavy atom. The van der Waals surface area contributed by atoms with Gasteiger partial charge in [0.1, 0.15) is 17.0 Å². The number of nitrogens with zero attached hydrogens (tertiary/aromatic N) is 6. The number of fused-ring (bicyclic) bond motifs is 1. The maximum absolute atomic E-state index is 13.7. The molecule has 5 heterocycles. The van der Waals surface area contributed by atoms with Gasteiger partial charge >= 0.3 is 6.18 Å². The molecule has 0 aromatic carbocycles. The highest BCUT2D eigenvalue weighted by molar-refractivity contribution is 7.15. The molecule has 0 radical (unpaired) electrons. The third-order valence-electron chi connectivity index (χ3n) is 6.53. The van der Waals surface area contributed by atoms with Crippen molar-refractivity contribution in [3.8, 4) is 27.7 Å². The summed E-state index contributed by atoms with van der Waals surface area (Å²) < 4.78 is 47.9. The van der Waals surface area contributed by atoms with Crippen molar-refractivity contribution < 1.29 is 17.9 Å². The summed E-state index contributed by atoms with van der Waals surface area (Å²) in [5.41, 5.74) is 2.37. The van der Waals surface area contributed by atoms with Crippen LogP contribution in [0.2, 0.25) is 0 Å². The van der Waals surface area contributed by atoms with Crippen LogP contribution in [0.15, 0.2) is 18.6 Å². The van der Waals surface area contributed by atoms with E-state index in [0.717, 1.165) is 43.0 Å². The van der Waals surface area contributed by atoms with E-state index in [9.17, 15) is 13.2 Å². The van der Waals surface area contributed by atoms with E-state index in [2.05, 4.69) is 37.1 Å². The maximum atomic E-state index is 13.7. The minimum absolute atomic E-state index is 0.0557. The van der Waals surface area contributed by atoms with E-state index in [1.54, 1.807) is 12.3 Å². The van der Waals surface area contributed by atoms with Gasteiger partial charge in [0, 0.05) is 22.2 Å². The molecule has 1 saturated heterocycles. The zero-order chi connectivity index (χ0) is 24.7. The van der Waals surface area contributed by atoms with Crippen LogP contribution in [0.1, 0.15) is 41.8 Å². The lowest BCUT2D eigenvalue weighted by Gasteiger charge is -2.30. The molecule has 5 rings (SSSR count). The number of hydrogen-bond acceptors (Lipinski definition) is 7. The molecule has 1 aliphatic rings. The molecule has 0 saturated carbocycles. The van der Waals surface area contributed by atoms with Gasteiger partial charge in [-0.3, -0.25) is 5.10 Å². The number of piperidine rings is 1. The summed E-state index contributed by atoms with van der Waals surface area (Å²) in [5, 5.41) is 11.8. The molecule has 0 amide bonds. The van der Waals surface area contributed by atoms with E-state index in [4.69, 9.17) is 4.74 Å². The molecule has 4 aromatic heterocycles. The van der Waals surface area contributed by atoms with Crippen molar-refractivity contribution in [3.05, 3.63) is 34.7 Å². The highest BCUT2D eigenvalue weighted by Crippen LogP contribution is 2.41. The molecule has 0 unspecified atom stereocenters. The molecule has 1 N–H and O–H groups in total. The Morgan fingerprint density at radius 1 is 1.26 bits per heavy atom. The second kappa shape index (κ2) is 9.23. The molecular weight excluding hydrogens is 479 g/mol. The number of ether oxygens (including phenoxy) is 1. The van der Waals surface area contributed by atoms with Crippen LogP contribution in [0.25, 0.3) is 27.6 Å². The second-order valence-electron chi connectivity index (χ2n) is 8.72. The number of rotatable bonds is 6. The Bertz CT molecular complexity index is 1330. The number of hydrogen-bond donors (Lipinski definition) is 1. The molecule has 0 aliphatic carbocycles. The SMILES string of the molecule is CCN1CCC(c2sc(-c3n[nH]c(-c4cc(OC)c5ncnn5c4)c3CC(F)(F)F)nc2C)CC1. The molecule has 0 atom stereocenters. The molecule has 12 heteroatoms. The summed E-state index contributed by atoms with van der Waals surface area (Å²) in [6.07, 6.45) is -0.528. The third-order valence-corrected chi connectivity index (χ3v) is 7.86. The number of likely N-dealkylation sites (tertiary alicyclic amines) is 1. The number of aromatic amines is 1. The largest absolute Gasteiger partial charge is 0.493 e. The molecule has 8 nitrogen and oxygen atoms in total. The molecule has 0 spiro atoms. The number of methoxy groups -OCH3 is 1. The molecule has 4 aromatic rings. The third kappa shape index (κ3) is 4.64. The number of aromatic nitrogens is 6. The first-order valence-electron chi connectivity index (χ1n) is 11.5. The summed E-state index contributed by atoms with van der Waals surface area (Å²) in [4.78, 5) is 12.4. The minimum Gasteiger partial charge on any atom is -0.493 e. The van der Waals surface area contributed by atoms with Crippen LogP contribution in [0, 0.1) is 6.92 Å². The van der Waals surface area contributed by atoms with E-state index in [1.807, 2.05) is 6.92 Å². The first kappa shape index (κ1) is 23.7. The molecule has 186 valence electrons. The van der Waals surface area contributed by atoms with Gasteiger partial charge in [0.2, 0.25) is 0 Å². The fourth-order valence-corrected chi connectivity index (χ4v) is 5.99. The summed E-state index contributed by atoms with van der Waals surface area (Å²) in [6.45, 7) is 7.16. The Hall–Kier alpha value is -2.99. The topological polar surface area (TPSA) is 84.2 Å². The first-order valence-corrected chi connectivity index (χ1v) is 12.3. The van der Waals surface area contributed by atoms with Crippen molar-refractivity contribution in [3.63, 3.8) is 0 Å². The average Bonchev–Trinajstić information content (AvgIpc) is 3.55. The van der Waals surface area contributed by atoms with E-state index in [-0.39, 0.29) is 17.0 Å². The van der Waals surface area contributed by atoms with E-state index < -0.39 is 12.6 Å². The Kier molecular flexibility index (Phi) is 6.26. The smallest absolute Gasteiger partial charge is 0.393 e. The van der Waals surface area contributed by atoms with Crippen molar-refractivity contribution in [2.24, 2.45) is 0 Å². The van der Waals surface area contributed by atoms with Crippen LogP contribution in [-0.4, -0.2) is 67.6 Å². The Balaban J connectivity index is 1.56. The van der Waals surface area contributed by atoms with Gasteiger partial charge in [-0.2, -0.15) is 23.4 Å². The standard InChI is InChI=1S/C23H26F3N7OS/c1-4-32-7-5-14(6-8-32)20-13(2)29-22(35-20)19-16(10-23(24,25)26)18(30-31-19)15-9-17(34-3)21-27-12-28-33(21)11-15/h9,11-12,14H,4-8,10H2,1-3H3,(H,30,31). The summed E-state index contributed by atoms with van der Waals surface area (Å²) in [5.74, 6) is 0.771. The van der Waals surface area contributed by atoms with E-state index in [1.165, 1.54) is 29.3 Å². The number of H-pyrrole nitrogens is 1. The van der Waals surface area contributed by atoms with Crippen LogP contribution in [0.5, 0.6) is 5.75 Å². The lowest BCUT2D eigenvalue weighted by atomic mass is 9.94. The second-order valence-corrected chi connectivity index (χ2v) is 9.75. The molecule has 1 aliphatic heterocycles. The number of nitrogens with one attached hydrogen (secondary N) is 1. The monoisotopic (exact) mass is 505 g/mol. The van der Waals surface area contributed by atoms with Gasteiger partial charge in [0.15, 0.2) is 11.4 Å². The first-order chi connectivity index (χ1) is 16.8. The number of halogens is 3. The van der Waals surface area contributed by atoms with Gasteiger partial charge in [-0.05, 0) is 51.4 Å². The van der Waals surface area contributed by atoms with Crippen molar-refractivity contribution in [2.75, 3.05) is 26.7 Å². The highest BCUT2D eigenvalue weighted by Gasteiger charge is 2.34. The normalized spacial score (nSPS) is 15.8. The lowest BCUT2D eigenvalue weighted by Crippen LogP contribution is -2.32. The van der Waals surface area contributed by atoms with E-state index >= 15 is 0 Å². The summed E-state index contributed by atoms with van der Waals surface area (Å²) in [7, 11) is 1.48. The Labute approximate surface area is 204 Å².